The van der Waals surface area contributed by atoms with E-state index in [1.807, 2.05) is 44.3 Å². The topological polar surface area (TPSA) is 34.0 Å². The van der Waals surface area contributed by atoms with E-state index in [0.717, 1.165) is 16.5 Å². The standard InChI is InChI=1S/C18H17FN2O/c1-12(13-6-4-3-5-7-13)20-18(22)17-11-14-10-15(19)8-9-16(14)21(17)2/h3-12H,1-2H3,(H,20,22). The van der Waals surface area contributed by atoms with Crippen LogP contribution in [0.5, 0.6) is 0 Å². The number of rotatable bonds is 3. The lowest BCUT2D eigenvalue weighted by atomic mass is 10.1. The maximum atomic E-state index is 13.3. The largest absolute Gasteiger partial charge is 0.344 e. The number of nitrogens with zero attached hydrogens (tertiary/aromatic N) is 1. The Morgan fingerprint density at radius 1 is 1.14 bits per heavy atom. The van der Waals surface area contributed by atoms with Gasteiger partial charge >= 0.3 is 0 Å². The van der Waals surface area contributed by atoms with Crippen LogP contribution in [0.2, 0.25) is 0 Å². The van der Waals surface area contributed by atoms with Crippen LogP contribution < -0.4 is 5.32 Å². The Balaban J connectivity index is 1.88. The molecule has 3 rings (SSSR count). The lowest BCUT2D eigenvalue weighted by Crippen LogP contribution is -2.28. The molecule has 22 heavy (non-hydrogen) atoms. The summed E-state index contributed by atoms with van der Waals surface area (Å²) in [5.41, 5.74) is 2.39. The van der Waals surface area contributed by atoms with Gasteiger partial charge in [-0.05, 0) is 36.8 Å². The van der Waals surface area contributed by atoms with Crippen molar-refractivity contribution in [1.29, 1.82) is 0 Å². The smallest absolute Gasteiger partial charge is 0.268 e. The fourth-order valence-corrected chi connectivity index (χ4v) is 2.63. The average Bonchev–Trinajstić information content (AvgIpc) is 2.84. The quantitative estimate of drug-likeness (QED) is 0.783. The first-order valence-corrected chi connectivity index (χ1v) is 7.17. The Morgan fingerprint density at radius 3 is 2.59 bits per heavy atom. The summed E-state index contributed by atoms with van der Waals surface area (Å²) < 4.78 is 15.1. The van der Waals surface area contributed by atoms with Gasteiger partial charge in [-0.1, -0.05) is 30.3 Å². The first-order chi connectivity index (χ1) is 10.6. The van der Waals surface area contributed by atoms with Crippen LogP contribution in [0.4, 0.5) is 4.39 Å². The minimum Gasteiger partial charge on any atom is -0.344 e. The molecule has 1 heterocycles. The van der Waals surface area contributed by atoms with Crippen LogP contribution in [0.25, 0.3) is 10.9 Å². The minimum absolute atomic E-state index is 0.0940. The molecule has 1 atom stereocenters. The molecule has 0 fully saturated rings. The number of amides is 1. The zero-order valence-corrected chi connectivity index (χ0v) is 12.5. The minimum atomic E-state index is -0.303. The molecule has 1 amide bonds. The van der Waals surface area contributed by atoms with Crippen molar-refractivity contribution >= 4 is 16.8 Å². The maximum Gasteiger partial charge on any atom is 0.268 e. The highest BCUT2D eigenvalue weighted by molar-refractivity contribution is 5.98. The highest BCUT2D eigenvalue weighted by Crippen LogP contribution is 2.21. The van der Waals surface area contributed by atoms with Gasteiger partial charge in [0.1, 0.15) is 11.5 Å². The fraction of sp³-hybridized carbons (Fsp3) is 0.167. The number of nitrogens with one attached hydrogen (secondary N) is 1. The van der Waals surface area contributed by atoms with Crippen LogP contribution in [0.1, 0.15) is 29.0 Å². The van der Waals surface area contributed by atoms with Crippen LogP contribution in [0, 0.1) is 5.82 Å². The van der Waals surface area contributed by atoms with E-state index in [1.165, 1.54) is 12.1 Å². The van der Waals surface area contributed by atoms with Gasteiger partial charge in [-0.25, -0.2) is 4.39 Å². The van der Waals surface area contributed by atoms with Gasteiger partial charge in [-0.15, -0.1) is 0 Å². The second kappa shape index (κ2) is 5.64. The lowest BCUT2D eigenvalue weighted by molar-refractivity contribution is 0.0932. The molecular weight excluding hydrogens is 279 g/mol. The second-order valence-corrected chi connectivity index (χ2v) is 5.40. The van der Waals surface area contributed by atoms with E-state index >= 15 is 0 Å². The third-order valence-electron chi connectivity index (χ3n) is 3.88. The Morgan fingerprint density at radius 2 is 1.86 bits per heavy atom. The van der Waals surface area contributed by atoms with E-state index in [2.05, 4.69) is 5.32 Å². The van der Waals surface area contributed by atoms with E-state index < -0.39 is 0 Å². The molecule has 3 nitrogen and oxygen atoms in total. The average molecular weight is 296 g/mol. The van der Waals surface area contributed by atoms with Gasteiger partial charge < -0.3 is 9.88 Å². The molecule has 4 heteroatoms. The number of hydrogen-bond donors (Lipinski definition) is 1. The van der Waals surface area contributed by atoms with Gasteiger partial charge in [0.25, 0.3) is 5.91 Å². The summed E-state index contributed by atoms with van der Waals surface area (Å²) in [6.45, 7) is 1.94. The van der Waals surface area contributed by atoms with Crippen molar-refractivity contribution < 1.29 is 9.18 Å². The molecule has 0 saturated carbocycles. The van der Waals surface area contributed by atoms with Gasteiger partial charge in [-0.2, -0.15) is 0 Å². The molecule has 112 valence electrons. The van der Waals surface area contributed by atoms with E-state index in [1.54, 1.807) is 16.7 Å². The highest BCUT2D eigenvalue weighted by atomic mass is 19.1. The SMILES string of the molecule is CC(NC(=O)c1cc2cc(F)ccc2n1C)c1ccccc1. The second-order valence-electron chi connectivity index (χ2n) is 5.40. The van der Waals surface area contributed by atoms with E-state index in [0.29, 0.717) is 5.69 Å². The monoisotopic (exact) mass is 296 g/mol. The van der Waals surface area contributed by atoms with Gasteiger partial charge in [-0.3, -0.25) is 4.79 Å². The fourth-order valence-electron chi connectivity index (χ4n) is 2.63. The molecule has 1 unspecified atom stereocenters. The number of carbonyl (C=O) groups is 1. The molecule has 0 radical (unpaired) electrons. The van der Waals surface area contributed by atoms with Crippen molar-refractivity contribution in [2.45, 2.75) is 13.0 Å². The van der Waals surface area contributed by atoms with Gasteiger partial charge in [0.15, 0.2) is 0 Å². The lowest BCUT2D eigenvalue weighted by Gasteiger charge is -2.14. The van der Waals surface area contributed by atoms with Crippen LogP contribution in [0.15, 0.2) is 54.6 Å². The molecule has 3 aromatic rings. The predicted molar refractivity (Wildman–Crippen MR) is 85.2 cm³/mol. The molecule has 2 aromatic carbocycles. The third kappa shape index (κ3) is 2.60. The van der Waals surface area contributed by atoms with Gasteiger partial charge in [0, 0.05) is 18.0 Å². The Kier molecular flexibility index (Phi) is 3.67. The first kappa shape index (κ1) is 14.3. The molecule has 1 aromatic heterocycles. The summed E-state index contributed by atoms with van der Waals surface area (Å²) in [6.07, 6.45) is 0. The number of benzene rings is 2. The van der Waals surface area contributed by atoms with Crippen molar-refractivity contribution in [2.24, 2.45) is 7.05 Å². The van der Waals surface area contributed by atoms with E-state index in [4.69, 9.17) is 0 Å². The molecule has 0 aliphatic heterocycles. The normalized spacial score (nSPS) is 12.3. The van der Waals surface area contributed by atoms with Crippen LogP contribution >= 0.6 is 0 Å². The predicted octanol–water partition coefficient (Wildman–Crippen LogP) is 3.81. The number of aromatic nitrogens is 1. The van der Waals surface area contributed by atoms with Crippen LogP contribution in [-0.4, -0.2) is 10.5 Å². The number of fused-ring (bicyclic) bond motifs is 1. The van der Waals surface area contributed by atoms with Crippen LogP contribution in [-0.2, 0) is 7.05 Å². The number of halogens is 1. The molecule has 0 bridgehead atoms. The third-order valence-corrected chi connectivity index (χ3v) is 3.88. The summed E-state index contributed by atoms with van der Waals surface area (Å²) in [5.74, 6) is -0.474. The highest BCUT2D eigenvalue weighted by Gasteiger charge is 2.16. The number of hydrogen-bond acceptors (Lipinski definition) is 1. The molecule has 0 aliphatic rings. The summed E-state index contributed by atoms with van der Waals surface area (Å²) in [7, 11) is 1.81. The summed E-state index contributed by atoms with van der Waals surface area (Å²) in [6, 6.07) is 15.9. The summed E-state index contributed by atoms with van der Waals surface area (Å²) in [4.78, 5) is 12.5. The van der Waals surface area contributed by atoms with Crippen molar-refractivity contribution in [3.05, 3.63) is 71.7 Å². The summed E-state index contributed by atoms with van der Waals surface area (Å²) in [5, 5.41) is 3.70. The summed E-state index contributed by atoms with van der Waals surface area (Å²) >= 11 is 0. The number of aryl methyl sites for hydroxylation is 1. The molecule has 1 N–H and O–H groups in total. The zero-order valence-electron chi connectivity index (χ0n) is 12.5. The molecule has 0 saturated heterocycles. The molecule has 0 aliphatic carbocycles. The van der Waals surface area contributed by atoms with Crippen molar-refractivity contribution in [1.82, 2.24) is 9.88 Å². The van der Waals surface area contributed by atoms with Crippen molar-refractivity contribution in [3.8, 4) is 0 Å². The van der Waals surface area contributed by atoms with E-state index in [-0.39, 0.29) is 17.8 Å². The Hall–Kier alpha value is -2.62. The molecular formula is C18H17FN2O. The van der Waals surface area contributed by atoms with Gasteiger partial charge in [0.2, 0.25) is 0 Å². The van der Waals surface area contributed by atoms with Crippen LogP contribution in [0.3, 0.4) is 0 Å². The van der Waals surface area contributed by atoms with E-state index in [9.17, 15) is 9.18 Å². The maximum absolute atomic E-state index is 13.3. The van der Waals surface area contributed by atoms with Crippen molar-refractivity contribution in [2.75, 3.05) is 0 Å². The Bertz CT molecular complexity index is 824. The molecule has 0 spiro atoms. The van der Waals surface area contributed by atoms with Crippen molar-refractivity contribution in [3.63, 3.8) is 0 Å². The zero-order chi connectivity index (χ0) is 15.7. The first-order valence-electron chi connectivity index (χ1n) is 7.17. The Labute approximate surface area is 128 Å². The number of carbonyl (C=O) groups excluding carboxylic acids is 1. The van der Waals surface area contributed by atoms with Gasteiger partial charge in [0.05, 0.1) is 6.04 Å².